The minimum absolute atomic E-state index is 0.0106. The van der Waals surface area contributed by atoms with E-state index in [0.29, 0.717) is 28.0 Å². The van der Waals surface area contributed by atoms with Gasteiger partial charge in [-0.15, -0.1) is 0 Å². The van der Waals surface area contributed by atoms with Crippen molar-refractivity contribution in [3.63, 3.8) is 0 Å². The maximum absolute atomic E-state index is 13.9. The largest absolute Gasteiger partial charge is 0.285 e. The highest BCUT2D eigenvalue weighted by atomic mass is 19.1. The third-order valence-electron chi connectivity index (χ3n) is 7.69. The molecule has 0 aliphatic carbocycles. The number of halogens is 1. The molecule has 0 spiro atoms. The second-order valence-electron chi connectivity index (χ2n) is 10.3. The predicted octanol–water partition coefficient (Wildman–Crippen LogP) is 2.80. The smallest absolute Gasteiger partial charge is 0.270 e. The fraction of sp³-hybridized carbons (Fsp3) is 0.0323. The Hall–Kier alpha value is -6.25. The number of hydrogen-bond donors (Lipinski definition) is 2. The van der Waals surface area contributed by atoms with Crippen LogP contribution in [0.2, 0.25) is 0 Å². The lowest BCUT2D eigenvalue weighted by Crippen LogP contribution is -2.73. The number of aromatic nitrogens is 4. The van der Waals surface area contributed by atoms with E-state index in [2.05, 4.69) is 9.97 Å². The fourth-order valence-electron chi connectivity index (χ4n) is 5.60. The first kappa shape index (κ1) is 27.6. The van der Waals surface area contributed by atoms with Crippen molar-refractivity contribution in [1.82, 2.24) is 19.1 Å². The number of benzene rings is 4. The minimum atomic E-state index is -0.675. The Balaban J connectivity index is 0.000000145. The van der Waals surface area contributed by atoms with E-state index in [1.165, 1.54) is 53.1 Å². The Morgan fingerprint density at radius 1 is 0.778 bits per heavy atom. The molecule has 0 saturated heterocycles. The van der Waals surface area contributed by atoms with Crippen molar-refractivity contribution in [2.75, 3.05) is 0 Å². The number of fused-ring (bicyclic) bond motifs is 8. The Bertz CT molecular complexity index is 2470. The average Bonchev–Trinajstić information content (AvgIpc) is 3.47. The molecule has 4 aromatic carbocycles. The van der Waals surface area contributed by atoms with E-state index in [1.54, 1.807) is 31.2 Å². The second kappa shape index (κ2) is 9.90. The molecule has 4 heterocycles. The summed E-state index contributed by atoms with van der Waals surface area (Å²) >= 11 is 0. The molecule has 2 aliphatic rings. The second-order valence-corrected chi connectivity index (χ2v) is 10.3. The number of nitro benzene ring substituents is 1. The summed E-state index contributed by atoms with van der Waals surface area (Å²) in [5.41, 5.74) is 2.54. The molecule has 220 valence electrons. The maximum Gasteiger partial charge on any atom is 0.270 e. The van der Waals surface area contributed by atoms with Crippen molar-refractivity contribution in [3.05, 3.63) is 138 Å². The van der Waals surface area contributed by atoms with Gasteiger partial charge in [0.05, 0.1) is 43.8 Å². The predicted molar refractivity (Wildman–Crippen MR) is 156 cm³/mol. The third-order valence-corrected chi connectivity index (χ3v) is 7.69. The lowest BCUT2D eigenvalue weighted by molar-refractivity contribution is -0.825. The average molecular weight is 606 g/mol. The van der Waals surface area contributed by atoms with Crippen LogP contribution in [0.3, 0.4) is 0 Å². The monoisotopic (exact) mass is 605 g/mol. The molecule has 3 N–H and O–H groups in total. The number of nitro groups is 1. The summed E-state index contributed by atoms with van der Waals surface area (Å²) < 4.78 is 16.3. The van der Waals surface area contributed by atoms with Gasteiger partial charge in [-0.2, -0.15) is 5.48 Å². The van der Waals surface area contributed by atoms with E-state index in [1.807, 2.05) is 0 Å². The molecule has 0 radical (unpaired) electrons. The molecule has 14 heteroatoms. The number of ketones is 2. The van der Waals surface area contributed by atoms with Gasteiger partial charge in [-0.1, -0.05) is 18.2 Å². The van der Waals surface area contributed by atoms with E-state index in [4.69, 9.17) is 5.21 Å². The molecular weight excluding hydrogens is 587 g/mol. The van der Waals surface area contributed by atoms with Gasteiger partial charge in [0, 0.05) is 24.3 Å². The van der Waals surface area contributed by atoms with E-state index >= 15 is 0 Å². The number of carbonyl (C=O) groups excluding carboxylic acids is 2. The molecule has 8 rings (SSSR count). The van der Waals surface area contributed by atoms with Gasteiger partial charge < -0.3 is 0 Å². The number of rotatable bonds is 2. The van der Waals surface area contributed by atoms with Gasteiger partial charge >= 0.3 is 0 Å². The molecule has 0 saturated carbocycles. The number of aryl methyl sites for hydroxylation is 1. The Kier molecular flexibility index (Phi) is 6.07. The summed E-state index contributed by atoms with van der Waals surface area (Å²) in [7, 11) is 0. The highest BCUT2D eigenvalue weighted by Crippen LogP contribution is 2.30. The van der Waals surface area contributed by atoms with Crippen LogP contribution >= 0.6 is 0 Å². The molecule has 45 heavy (non-hydrogen) atoms. The zero-order valence-electron chi connectivity index (χ0n) is 23.0. The molecule has 0 amide bonds. The molecule has 2 aromatic heterocycles. The van der Waals surface area contributed by atoms with Crippen LogP contribution in [-0.4, -0.2) is 40.8 Å². The summed E-state index contributed by atoms with van der Waals surface area (Å²) in [5.74, 6) is -1.64. The normalized spacial score (nSPS) is 12.4. The lowest BCUT2D eigenvalue weighted by atomic mass is 10.1. The quantitative estimate of drug-likeness (QED) is 0.170. The maximum atomic E-state index is 13.9. The van der Waals surface area contributed by atoms with Crippen LogP contribution in [0.25, 0.3) is 33.2 Å². The minimum Gasteiger partial charge on any atom is -0.285 e. The highest BCUT2D eigenvalue weighted by Gasteiger charge is 2.33. The number of quaternary nitrogens is 1. The van der Waals surface area contributed by atoms with Gasteiger partial charge in [0.25, 0.3) is 16.8 Å². The van der Waals surface area contributed by atoms with Crippen LogP contribution in [0.1, 0.15) is 37.9 Å². The first-order valence-corrected chi connectivity index (χ1v) is 13.3. The van der Waals surface area contributed by atoms with Crippen molar-refractivity contribution in [1.29, 1.82) is 0 Å². The lowest BCUT2D eigenvalue weighted by Gasteiger charge is -2.06. The number of hydrogen-bond acceptors (Lipinski definition) is 9. The van der Waals surface area contributed by atoms with E-state index < -0.39 is 27.9 Å². The SMILES string of the molecule is Cc1cccc2nc3n(c(=O)c12)-c1ccc([N+](=O)[O-])cc1C3=O.O=C1c2cc([NH2+]O)ccc2-n2c1nc1cccc(F)c1c2=O. The molecule has 0 unspecified atom stereocenters. The van der Waals surface area contributed by atoms with Crippen molar-refractivity contribution in [3.8, 4) is 11.4 Å². The molecule has 0 fully saturated rings. The first-order valence-electron chi connectivity index (χ1n) is 13.3. The summed E-state index contributed by atoms with van der Waals surface area (Å²) in [4.78, 5) is 69.0. The van der Waals surface area contributed by atoms with Gasteiger partial charge in [-0.3, -0.25) is 38.4 Å². The van der Waals surface area contributed by atoms with E-state index in [9.17, 15) is 33.7 Å². The number of nitrogens with two attached hydrogens (primary N) is 1. The molecule has 0 atom stereocenters. The van der Waals surface area contributed by atoms with Crippen LogP contribution in [0, 0.1) is 22.9 Å². The first-order chi connectivity index (χ1) is 21.6. The zero-order valence-corrected chi connectivity index (χ0v) is 23.0. The van der Waals surface area contributed by atoms with Gasteiger partial charge in [0.15, 0.2) is 17.3 Å². The van der Waals surface area contributed by atoms with Crippen LogP contribution in [0.15, 0.2) is 82.4 Å². The topological polar surface area (TPSA) is 184 Å². The summed E-state index contributed by atoms with van der Waals surface area (Å²) in [6.07, 6.45) is 0. The summed E-state index contributed by atoms with van der Waals surface area (Å²) in [6, 6.07) is 17.8. The van der Waals surface area contributed by atoms with Gasteiger partial charge in [-0.25, -0.2) is 19.6 Å². The van der Waals surface area contributed by atoms with E-state index in [-0.39, 0.29) is 44.9 Å². The van der Waals surface area contributed by atoms with Crippen molar-refractivity contribution >= 4 is 44.7 Å². The standard InChI is InChI=1S/C16H9N3O4.C15H8FN3O3/c1-8-3-2-4-11-13(8)16(21)18-12-6-5-9(19(22)23)7-10(12)14(20)15(18)17-11;16-9-2-1-3-10-12(9)15(21)19-11-5-4-7(18-22)6-8(11)13(20)14(19)17-10/h2-7H,1H3;1-6,18,22H/p+1. The van der Waals surface area contributed by atoms with E-state index in [0.717, 1.165) is 15.6 Å². The number of non-ortho nitro benzene ring substituents is 1. The fourth-order valence-corrected chi connectivity index (χ4v) is 5.60. The van der Waals surface area contributed by atoms with Crippen molar-refractivity contribution in [2.45, 2.75) is 6.92 Å². The van der Waals surface area contributed by atoms with Crippen LogP contribution in [0.5, 0.6) is 0 Å². The number of nitrogens with zero attached hydrogens (tertiary/aromatic N) is 5. The van der Waals surface area contributed by atoms with Crippen LogP contribution in [0.4, 0.5) is 15.8 Å². The van der Waals surface area contributed by atoms with Crippen LogP contribution in [-0.2, 0) is 0 Å². The molecule has 2 aliphatic heterocycles. The Morgan fingerprint density at radius 3 is 1.96 bits per heavy atom. The summed E-state index contributed by atoms with van der Waals surface area (Å²) in [6.45, 7) is 1.80. The third kappa shape index (κ3) is 4.01. The zero-order chi connectivity index (χ0) is 31.7. The van der Waals surface area contributed by atoms with Crippen molar-refractivity contribution in [2.24, 2.45) is 0 Å². The van der Waals surface area contributed by atoms with Crippen LogP contribution < -0.4 is 16.6 Å². The Labute approximate surface area is 249 Å². The molecular formula is C31H18FN6O7+. The molecule has 0 bridgehead atoms. The van der Waals surface area contributed by atoms with Gasteiger partial charge in [0.1, 0.15) is 11.2 Å². The highest BCUT2D eigenvalue weighted by molar-refractivity contribution is 6.14. The molecule has 13 nitrogen and oxygen atoms in total. The van der Waals surface area contributed by atoms with Gasteiger partial charge in [0.2, 0.25) is 11.6 Å². The molecule has 6 aromatic rings. The van der Waals surface area contributed by atoms with Gasteiger partial charge in [-0.05, 0) is 42.8 Å². The summed E-state index contributed by atoms with van der Waals surface area (Å²) in [5, 5.41) is 20.2. The number of carbonyl (C=O) groups is 2. The Morgan fingerprint density at radius 2 is 1.33 bits per heavy atom. The van der Waals surface area contributed by atoms with Crippen molar-refractivity contribution < 1.29 is 29.6 Å².